The molecule has 9 aromatic rings. The van der Waals surface area contributed by atoms with Crippen molar-refractivity contribution in [1.82, 2.24) is 9.97 Å². The number of furan rings is 2. The molecule has 4 nitrogen and oxygen atoms in total. The maximum Gasteiger partial charge on any atom is 0.121 e. The van der Waals surface area contributed by atoms with E-state index in [-0.39, 0.29) is 20.1 Å². The number of nitrogens with zero attached hydrogens (tertiary/aromatic N) is 2. The number of hydrogen-bond acceptors (Lipinski definition) is 4. The number of pyridine rings is 2. The van der Waals surface area contributed by atoms with Gasteiger partial charge < -0.3 is 9.40 Å². The summed E-state index contributed by atoms with van der Waals surface area (Å²) in [6, 6.07) is 45.3. The molecule has 0 unspecified atom stereocenters. The number of fused-ring (bicyclic) bond motifs is 6. The summed E-state index contributed by atoms with van der Waals surface area (Å²) in [6.07, 6.45) is 7.55. The summed E-state index contributed by atoms with van der Waals surface area (Å²) in [7, 11) is 0. The van der Waals surface area contributed by atoms with E-state index in [9.17, 15) is 0 Å². The molecule has 1 fully saturated rings. The standard InChI is InChI=1S/C29H24NO.C25H28GeNO.Ir/c1-3-8-20(9-4-1)22-14-15-24-25-12-7-13-26(29(25)31-28(24)19-22)27-18-23(16-17-30-27)21-10-5-2-6-11-21;1-25(2,3)15-17-14-22(27-16-21(17)26(4,5)6)20-12-9-11-19-18-10-7-8-13-23(18)28-24(19)20;/h1,3-4,7-9,12,14-19,21H,2,5-6,10-11H2;7-11,13-14,16H,15H2,1-6H3;/q2*-1;/i21D;15D2;. The van der Waals surface area contributed by atoms with E-state index in [2.05, 4.69) is 95.0 Å². The zero-order valence-corrected chi connectivity index (χ0v) is 39.7. The SMILES string of the molecule is [2H]C([2H])(c1cc(-c2[c-]ccc3c2oc2ccccc23)nc[c]1[Ge]([CH3])([CH3])[CH3])C(C)(C)C.[2H]C1(c2ccnc(-c3[c-]ccc4c3oc3cc(-c5ccccc5)ccc34)c2)CCCCC1.[Ir]. The van der Waals surface area contributed by atoms with Gasteiger partial charge in [0.2, 0.25) is 0 Å². The Hall–Kier alpha value is -4.81. The second kappa shape index (κ2) is 17.3. The first-order valence-corrected chi connectivity index (χ1v) is 28.2. The number of hydrogen-bond donors (Lipinski definition) is 0. The Labute approximate surface area is 374 Å². The average molecular weight is 1030 g/mol. The molecule has 1 aliphatic rings. The third kappa shape index (κ3) is 8.68. The first kappa shape index (κ1) is 38.1. The fourth-order valence-electron chi connectivity index (χ4n) is 8.37. The van der Waals surface area contributed by atoms with E-state index in [1.165, 1.54) is 12.0 Å². The van der Waals surface area contributed by atoms with Crippen LogP contribution in [0.3, 0.4) is 0 Å². The molecule has 0 N–H and O–H groups in total. The molecule has 305 valence electrons. The van der Waals surface area contributed by atoms with Crippen molar-refractivity contribution >= 4 is 61.5 Å². The van der Waals surface area contributed by atoms with Crippen molar-refractivity contribution in [3.63, 3.8) is 0 Å². The average Bonchev–Trinajstić information content (AvgIpc) is 3.85. The minimum atomic E-state index is -2.36. The van der Waals surface area contributed by atoms with Crippen LogP contribution in [0, 0.1) is 17.5 Å². The summed E-state index contributed by atoms with van der Waals surface area (Å²) < 4.78 is 40.7. The topological polar surface area (TPSA) is 52.1 Å². The number of benzene rings is 5. The molecule has 1 aliphatic carbocycles. The predicted molar refractivity (Wildman–Crippen MR) is 249 cm³/mol. The monoisotopic (exact) mass is 1030 g/mol. The number of rotatable bonds is 6. The molecule has 6 heteroatoms. The second-order valence-electron chi connectivity index (χ2n) is 17.8. The number of aromatic nitrogens is 2. The molecule has 0 saturated heterocycles. The fourth-order valence-corrected chi connectivity index (χ4v) is 11.3. The summed E-state index contributed by atoms with van der Waals surface area (Å²) >= 11 is -2.36. The van der Waals surface area contributed by atoms with E-state index in [0.29, 0.717) is 5.69 Å². The van der Waals surface area contributed by atoms with Crippen LogP contribution in [0.25, 0.3) is 77.5 Å². The molecular formula is C54H52GeIrN2O2-2. The van der Waals surface area contributed by atoms with Gasteiger partial charge in [0.1, 0.15) is 5.58 Å². The molecule has 1 saturated carbocycles. The summed E-state index contributed by atoms with van der Waals surface area (Å²) in [5.74, 6) is 6.34. The van der Waals surface area contributed by atoms with E-state index < -0.39 is 30.9 Å². The van der Waals surface area contributed by atoms with Crippen LogP contribution >= 0.6 is 0 Å². The molecule has 1 radical (unpaired) electrons. The molecule has 0 amide bonds. The Kier molecular flexibility index (Phi) is 11.0. The molecule has 4 heterocycles. The molecule has 0 atom stereocenters. The van der Waals surface area contributed by atoms with Gasteiger partial charge in [-0.25, -0.2) is 0 Å². The van der Waals surface area contributed by atoms with Gasteiger partial charge in [0, 0.05) is 33.1 Å². The Bertz CT molecular complexity index is 3090. The van der Waals surface area contributed by atoms with Crippen LogP contribution < -0.4 is 4.40 Å². The molecule has 0 aliphatic heterocycles. The van der Waals surface area contributed by atoms with Crippen molar-refractivity contribution in [2.45, 2.75) is 82.4 Å². The Morgan fingerprint density at radius 3 is 2.00 bits per heavy atom. The summed E-state index contributed by atoms with van der Waals surface area (Å²) in [6.45, 7) is 5.87. The quantitative estimate of drug-likeness (QED) is 0.123. The summed E-state index contributed by atoms with van der Waals surface area (Å²) in [4.78, 5) is 9.43. The van der Waals surface area contributed by atoms with Gasteiger partial charge in [0.25, 0.3) is 0 Å². The fraction of sp³-hybridized carbons (Fsp3) is 0.259. The third-order valence-electron chi connectivity index (χ3n) is 11.2. The van der Waals surface area contributed by atoms with Gasteiger partial charge in [0.15, 0.2) is 0 Å². The van der Waals surface area contributed by atoms with Crippen LogP contribution in [0.4, 0.5) is 0 Å². The smallest absolute Gasteiger partial charge is 0.121 e. The van der Waals surface area contributed by atoms with Gasteiger partial charge in [-0.15, -0.1) is 18.2 Å². The van der Waals surface area contributed by atoms with E-state index in [1.54, 1.807) is 0 Å². The van der Waals surface area contributed by atoms with E-state index in [1.807, 2.05) is 87.8 Å². The van der Waals surface area contributed by atoms with Crippen LogP contribution in [-0.2, 0) is 26.5 Å². The Morgan fingerprint density at radius 1 is 0.683 bits per heavy atom. The molecule has 10 rings (SSSR count). The minimum absolute atomic E-state index is 0. The van der Waals surface area contributed by atoms with E-state index in [4.69, 9.17) is 17.9 Å². The Balaban J connectivity index is 0.000000171. The largest absolute Gasteiger partial charge is 0.501 e. The summed E-state index contributed by atoms with van der Waals surface area (Å²) in [5, 5.41) is 4.25. The second-order valence-corrected chi connectivity index (χ2v) is 28.4. The van der Waals surface area contributed by atoms with Crippen molar-refractivity contribution in [1.29, 1.82) is 0 Å². The van der Waals surface area contributed by atoms with Crippen LogP contribution in [0.15, 0.2) is 136 Å². The van der Waals surface area contributed by atoms with Gasteiger partial charge in [-0.2, -0.15) is 0 Å². The molecular weight excluding hydrogens is 973 g/mol. The van der Waals surface area contributed by atoms with Crippen LogP contribution in [0.5, 0.6) is 0 Å². The van der Waals surface area contributed by atoms with Crippen LogP contribution in [-0.4, -0.2) is 23.2 Å². The van der Waals surface area contributed by atoms with Gasteiger partial charge in [-0.1, -0.05) is 84.3 Å². The third-order valence-corrected chi connectivity index (χ3v) is 15.5. The maximum absolute atomic E-state index is 9.02. The first-order chi connectivity index (χ1) is 29.6. The van der Waals surface area contributed by atoms with Crippen molar-refractivity contribution < 1.29 is 33.1 Å². The minimum Gasteiger partial charge on any atom is -0.501 e. The van der Waals surface area contributed by atoms with E-state index in [0.717, 1.165) is 107 Å². The van der Waals surface area contributed by atoms with Crippen LogP contribution in [0.2, 0.25) is 17.3 Å². The molecule has 4 aromatic heterocycles. The molecule has 0 bridgehead atoms. The van der Waals surface area contributed by atoms with Gasteiger partial charge in [-0.3, -0.25) is 0 Å². The van der Waals surface area contributed by atoms with Crippen molar-refractivity contribution in [3.8, 4) is 33.6 Å². The molecule has 60 heavy (non-hydrogen) atoms. The van der Waals surface area contributed by atoms with Gasteiger partial charge >= 0.3 is 173 Å². The number of para-hydroxylation sites is 1. The first-order valence-electron chi connectivity index (χ1n) is 22.4. The zero-order valence-electron chi connectivity index (χ0n) is 38.2. The zero-order chi connectivity index (χ0) is 43.4. The van der Waals surface area contributed by atoms with E-state index >= 15 is 0 Å². The van der Waals surface area contributed by atoms with Crippen molar-refractivity contribution in [2.75, 3.05) is 0 Å². The molecule has 0 spiro atoms. The van der Waals surface area contributed by atoms with Gasteiger partial charge in [0.05, 0.1) is 5.58 Å². The molecule has 5 aromatic carbocycles. The predicted octanol–water partition coefficient (Wildman–Crippen LogP) is 14.7. The van der Waals surface area contributed by atoms with Crippen molar-refractivity contribution in [2.24, 2.45) is 5.41 Å². The van der Waals surface area contributed by atoms with Crippen molar-refractivity contribution in [3.05, 3.63) is 151 Å². The van der Waals surface area contributed by atoms with Gasteiger partial charge in [-0.05, 0) is 47.7 Å². The Morgan fingerprint density at radius 2 is 1.32 bits per heavy atom. The summed E-state index contributed by atoms with van der Waals surface area (Å²) in [5.41, 5.74) is 10.0. The normalized spacial score (nSPS) is 15.2. The maximum atomic E-state index is 9.02. The van der Waals surface area contributed by atoms with Crippen LogP contribution in [0.1, 0.15) is 74.0 Å².